The van der Waals surface area contributed by atoms with Crippen molar-refractivity contribution in [1.82, 2.24) is 15.5 Å². The number of nitrogens with two attached hydrogens (primary N) is 2. The number of aliphatic carboxylic acids is 2. The molecule has 4 amide bonds. The summed E-state index contributed by atoms with van der Waals surface area (Å²) in [5, 5.41) is 22.9. The van der Waals surface area contributed by atoms with E-state index in [0.29, 0.717) is 12.8 Å². The van der Waals surface area contributed by atoms with E-state index < -0.39 is 66.2 Å². The van der Waals surface area contributed by atoms with Crippen LogP contribution < -0.4 is 22.1 Å². The van der Waals surface area contributed by atoms with Crippen molar-refractivity contribution in [3.63, 3.8) is 0 Å². The molecule has 0 aromatic rings. The average Bonchev–Trinajstić information content (AvgIpc) is 3.22. The van der Waals surface area contributed by atoms with Gasteiger partial charge in [-0.1, -0.05) is 13.8 Å². The molecular weight excluding hydrogens is 450 g/mol. The highest BCUT2D eigenvalue weighted by Crippen LogP contribution is 2.20. The second-order valence-electron chi connectivity index (χ2n) is 8.82. The van der Waals surface area contributed by atoms with Crippen LogP contribution in [-0.4, -0.2) is 81.4 Å². The Hall–Kier alpha value is -3.22. The molecule has 1 fully saturated rings. The molecule has 0 aromatic heterocycles. The Labute approximate surface area is 197 Å². The average molecular weight is 486 g/mol. The van der Waals surface area contributed by atoms with Crippen LogP contribution in [-0.2, 0) is 28.8 Å². The molecule has 1 heterocycles. The highest BCUT2D eigenvalue weighted by atomic mass is 16.4. The van der Waals surface area contributed by atoms with Gasteiger partial charge < -0.3 is 37.2 Å². The van der Waals surface area contributed by atoms with Crippen molar-refractivity contribution in [3.05, 3.63) is 0 Å². The summed E-state index contributed by atoms with van der Waals surface area (Å²) in [6.07, 6.45) is 0.0492. The molecule has 0 aliphatic carbocycles. The van der Waals surface area contributed by atoms with Crippen molar-refractivity contribution >= 4 is 35.6 Å². The maximum Gasteiger partial charge on any atom is 0.326 e. The molecule has 4 atom stereocenters. The molecule has 34 heavy (non-hydrogen) atoms. The molecule has 0 spiro atoms. The summed E-state index contributed by atoms with van der Waals surface area (Å²) in [4.78, 5) is 73.2. The molecule has 0 bridgehead atoms. The summed E-state index contributed by atoms with van der Waals surface area (Å²) in [6.45, 7) is 3.96. The summed E-state index contributed by atoms with van der Waals surface area (Å²) >= 11 is 0. The summed E-state index contributed by atoms with van der Waals surface area (Å²) in [5.41, 5.74) is 11.1. The van der Waals surface area contributed by atoms with E-state index in [1.54, 1.807) is 0 Å². The molecule has 1 rings (SSSR count). The van der Waals surface area contributed by atoms with Gasteiger partial charge in [0.25, 0.3) is 0 Å². The third kappa shape index (κ3) is 9.33. The number of hydrogen-bond acceptors (Lipinski definition) is 7. The van der Waals surface area contributed by atoms with Crippen molar-refractivity contribution < 1.29 is 39.0 Å². The summed E-state index contributed by atoms with van der Waals surface area (Å²) in [6, 6.07) is -4.45. The fraction of sp³-hybridized carbons (Fsp3) is 0.714. The van der Waals surface area contributed by atoms with Gasteiger partial charge in [-0.2, -0.15) is 0 Å². The number of carbonyl (C=O) groups is 6. The van der Waals surface area contributed by atoms with Gasteiger partial charge in [0.15, 0.2) is 0 Å². The number of nitrogens with one attached hydrogen (secondary N) is 2. The second-order valence-corrected chi connectivity index (χ2v) is 8.82. The lowest BCUT2D eigenvalue weighted by molar-refractivity contribution is -0.145. The Morgan fingerprint density at radius 3 is 2.15 bits per heavy atom. The molecule has 13 nitrogen and oxygen atoms in total. The molecule has 0 radical (unpaired) electrons. The van der Waals surface area contributed by atoms with Crippen molar-refractivity contribution in [2.45, 2.75) is 83.0 Å². The molecule has 4 unspecified atom stereocenters. The molecular formula is C21H35N5O8. The number of likely N-dealkylation sites (tertiary alicyclic amines) is 1. The van der Waals surface area contributed by atoms with Crippen LogP contribution >= 0.6 is 0 Å². The highest BCUT2D eigenvalue weighted by molar-refractivity contribution is 5.94. The third-order valence-corrected chi connectivity index (χ3v) is 5.46. The van der Waals surface area contributed by atoms with Crippen LogP contribution in [0.4, 0.5) is 0 Å². The minimum absolute atomic E-state index is 0.0878. The largest absolute Gasteiger partial charge is 0.481 e. The van der Waals surface area contributed by atoms with Gasteiger partial charge in [0.2, 0.25) is 23.6 Å². The lowest BCUT2D eigenvalue weighted by Crippen LogP contribution is -2.57. The standard InChI is InChI=1S/C21H35N5O8/c1-11(2)10-12(22)18(30)24-13(5-7-16(23)27)20(32)26-9-3-4-15(26)19(31)25-14(21(33)34)6-8-17(28)29/h11-15H,3-10,22H2,1-2H3,(H2,23,27)(H,24,30)(H,25,31)(H,28,29)(H,33,34). The number of carboxylic acids is 2. The Kier molecular flexibility index (Phi) is 11.4. The first-order valence-electron chi connectivity index (χ1n) is 11.2. The van der Waals surface area contributed by atoms with Gasteiger partial charge >= 0.3 is 11.9 Å². The minimum Gasteiger partial charge on any atom is -0.481 e. The predicted octanol–water partition coefficient (Wildman–Crippen LogP) is -1.46. The Bertz CT molecular complexity index is 787. The van der Waals surface area contributed by atoms with E-state index in [9.17, 15) is 33.9 Å². The van der Waals surface area contributed by atoms with E-state index in [0.717, 1.165) is 0 Å². The fourth-order valence-corrected chi connectivity index (χ4v) is 3.73. The van der Waals surface area contributed by atoms with E-state index >= 15 is 0 Å². The van der Waals surface area contributed by atoms with Gasteiger partial charge in [0, 0.05) is 19.4 Å². The zero-order valence-corrected chi connectivity index (χ0v) is 19.5. The normalized spacial score (nSPS) is 18.1. The minimum atomic E-state index is -1.43. The topological polar surface area (TPSA) is 222 Å². The summed E-state index contributed by atoms with van der Waals surface area (Å²) in [7, 11) is 0. The van der Waals surface area contributed by atoms with E-state index in [-0.39, 0.29) is 38.1 Å². The van der Waals surface area contributed by atoms with Crippen molar-refractivity contribution in [1.29, 1.82) is 0 Å². The van der Waals surface area contributed by atoms with Crippen molar-refractivity contribution in [3.8, 4) is 0 Å². The SMILES string of the molecule is CC(C)CC(N)C(=O)NC(CCC(N)=O)C(=O)N1CCCC1C(=O)NC(CCC(=O)O)C(=O)O. The van der Waals surface area contributed by atoms with Gasteiger partial charge in [-0.05, 0) is 38.0 Å². The Balaban J connectivity index is 2.96. The number of carbonyl (C=O) groups excluding carboxylic acids is 4. The molecule has 192 valence electrons. The van der Waals surface area contributed by atoms with E-state index in [1.807, 2.05) is 13.8 Å². The highest BCUT2D eigenvalue weighted by Gasteiger charge is 2.39. The zero-order chi connectivity index (χ0) is 26.0. The molecule has 0 aromatic carbocycles. The van der Waals surface area contributed by atoms with Crippen LogP contribution in [0.5, 0.6) is 0 Å². The Morgan fingerprint density at radius 1 is 1.00 bits per heavy atom. The summed E-state index contributed by atoms with van der Waals surface area (Å²) in [5.74, 6) is -5.05. The van der Waals surface area contributed by atoms with Crippen molar-refractivity contribution in [2.24, 2.45) is 17.4 Å². The predicted molar refractivity (Wildman–Crippen MR) is 119 cm³/mol. The maximum atomic E-state index is 13.2. The first-order valence-corrected chi connectivity index (χ1v) is 11.2. The van der Waals surface area contributed by atoms with Crippen molar-refractivity contribution in [2.75, 3.05) is 6.54 Å². The van der Waals surface area contributed by atoms with Gasteiger partial charge in [0.1, 0.15) is 18.1 Å². The first-order chi connectivity index (χ1) is 15.8. The fourth-order valence-electron chi connectivity index (χ4n) is 3.73. The van der Waals surface area contributed by atoms with Gasteiger partial charge in [-0.3, -0.25) is 24.0 Å². The third-order valence-electron chi connectivity index (χ3n) is 5.46. The summed E-state index contributed by atoms with van der Waals surface area (Å²) < 4.78 is 0. The van der Waals surface area contributed by atoms with Crippen LogP contribution in [0.15, 0.2) is 0 Å². The quantitative estimate of drug-likeness (QED) is 0.169. The lowest BCUT2D eigenvalue weighted by Gasteiger charge is -2.30. The van der Waals surface area contributed by atoms with Crippen LogP contribution in [0.3, 0.4) is 0 Å². The smallest absolute Gasteiger partial charge is 0.326 e. The number of rotatable bonds is 14. The molecule has 1 aliphatic heterocycles. The van der Waals surface area contributed by atoms with E-state index in [2.05, 4.69) is 10.6 Å². The number of primary amides is 1. The van der Waals surface area contributed by atoms with E-state index in [4.69, 9.17) is 16.6 Å². The molecule has 0 saturated carbocycles. The Morgan fingerprint density at radius 2 is 1.62 bits per heavy atom. The first kappa shape index (κ1) is 28.8. The molecule has 1 aliphatic rings. The number of hydrogen-bond donors (Lipinski definition) is 6. The molecule has 8 N–H and O–H groups in total. The van der Waals surface area contributed by atoms with Gasteiger partial charge in [-0.25, -0.2) is 4.79 Å². The molecule has 1 saturated heterocycles. The molecule has 13 heteroatoms. The zero-order valence-electron chi connectivity index (χ0n) is 19.5. The van der Waals surface area contributed by atoms with Crippen LogP contribution in [0.25, 0.3) is 0 Å². The van der Waals surface area contributed by atoms with Crippen LogP contribution in [0, 0.1) is 5.92 Å². The van der Waals surface area contributed by atoms with E-state index in [1.165, 1.54) is 4.90 Å². The number of nitrogens with zero attached hydrogens (tertiary/aromatic N) is 1. The maximum absolute atomic E-state index is 13.2. The second kappa shape index (κ2) is 13.5. The van der Waals surface area contributed by atoms with Gasteiger partial charge in [0.05, 0.1) is 6.04 Å². The monoisotopic (exact) mass is 485 g/mol. The van der Waals surface area contributed by atoms with Crippen LogP contribution in [0.2, 0.25) is 0 Å². The number of amides is 4. The van der Waals surface area contributed by atoms with Gasteiger partial charge in [-0.15, -0.1) is 0 Å². The van der Waals surface area contributed by atoms with Crippen LogP contribution in [0.1, 0.15) is 58.8 Å². The lowest BCUT2D eigenvalue weighted by atomic mass is 10.0. The number of carboxylic acid groups (broad SMARTS) is 2.